The molecule has 0 radical (unpaired) electrons. The normalized spacial score (nSPS) is 13.3. The van der Waals surface area contributed by atoms with E-state index in [0.717, 1.165) is 30.5 Å². The molecule has 26 heavy (non-hydrogen) atoms. The smallest absolute Gasteiger partial charge is 0.160 e. The zero-order valence-corrected chi connectivity index (χ0v) is 14.2. The lowest BCUT2D eigenvalue weighted by molar-refractivity contribution is 0.198. The second-order valence-electron chi connectivity index (χ2n) is 5.96. The average molecular weight is 387 g/mol. The molecule has 0 saturated heterocycles. The van der Waals surface area contributed by atoms with Crippen molar-refractivity contribution in [2.24, 2.45) is 0 Å². The molecule has 1 atom stereocenters. The number of aliphatic hydroxyl groups is 1. The summed E-state index contributed by atoms with van der Waals surface area (Å²) < 4.78 is 77.0. The van der Waals surface area contributed by atoms with Crippen LogP contribution < -0.4 is 0 Å². The quantitative estimate of drug-likeness (QED) is 0.674. The molecule has 1 aromatic heterocycles. The second kappa shape index (κ2) is 6.40. The van der Waals surface area contributed by atoms with E-state index in [1.807, 2.05) is 0 Å². The van der Waals surface area contributed by atoms with Crippen LogP contribution in [-0.4, -0.2) is 30.5 Å². The van der Waals surface area contributed by atoms with Crippen molar-refractivity contribution in [1.82, 2.24) is 4.98 Å². The van der Waals surface area contributed by atoms with Crippen LogP contribution in [0.2, 0.25) is 0 Å². The summed E-state index contributed by atoms with van der Waals surface area (Å²) in [7, 11) is -3.59. The first-order chi connectivity index (χ1) is 12.1. The number of aromatic amines is 1. The van der Waals surface area contributed by atoms with Gasteiger partial charge >= 0.3 is 0 Å². The summed E-state index contributed by atoms with van der Waals surface area (Å²) in [6.07, 6.45) is -0.651. The van der Waals surface area contributed by atoms with E-state index in [9.17, 15) is 31.1 Å². The van der Waals surface area contributed by atoms with Crippen LogP contribution in [0, 0.1) is 23.3 Å². The molecule has 4 nitrogen and oxygen atoms in total. The fourth-order valence-corrected chi connectivity index (χ4v) is 3.53. The topological polar surface area (TPSA) is 70.2 Å². The van der Waals surface area contributed by atoms with Crippen LogP contribution in [-0.2, 0) is 9.84 Å². The summed E-state index contributed by atoms with van der Waals surface area (Å²) in [6.45, 7) is 0. The van der Waals surface area contributed by atoms with Gasteiger partial charge in [0.1, 0.15) is 15.9 Å². The molecule has 1 heterocycles. The standard InChI is InChI=1S/C17H13F4NO3S/c1-26(24,25)7-15(23)17-16(8-2-3-10(18)11(19)4-8)9-5-12(20)13(21)6-14(9)22-17/h2-6,15,22-23H,7H2,1H3. The molecule has 2 aromatic carbocycles. The first kappa shape index (κ1) is 18.4. The number of hydrogen-bond acceptors (Lipinski definition) is 3. The van der Waals surface area contributed by atoms with Gasteiger partial charge in [0.25, 0.3) is 0 Å². The largest absolute Gasteiger partial charge is 0.386 e. The monoisotopic (exact) mass is 387 g/mol. The van der Waals surface area contributed by atoms with Gasteiger partial charge in [-0.3, -0.25) is 0 Å². The van der Waals surface area contributed by atoms with Gasteiger partial charge in [0.15, 0.2) is 23.3 Å². The number of halogens is 4. The zero-order chi connectivity index (χ0) is 19.2. The molecule has 138 valence electrons. The van der Waals surface area contributed by atoms with Crippen molar-refractivity contribution >= 4 is 20.7 Å². The number of nitrogens with one attached hydrogen (secondary N) is 1. The molecule has 2 N–H and O–H groups in total. The SMILES string of the molecule is CS(=O)(=O)CC(O)c1[nH]c2cc(F)c(F)cc2c1-c1ccc(F)c(F)c1. The lowest BCUT2D eigenvalue weighted by Crippen LogP contribution is -2.13. The van der Waals surface area contributed by atoms with Crippen LogP contribution in [0.5, 0.6) is 0 Å². The Morgan fingerprint density at radius 2 is 1.62 bits per heavy atom. The maximum atomic E-state index is 13.7. The van der Waals surface area contributed by atoms with Crippen molar-refractivity contribution < 1.29 is 31.1 Å². The molecular weight excluding hydrogens is 374 g/mol. The number of fused-ring (bicyclic) bond motifs is 1. The van der Waals surface area contributed by atoms with Crippen molar-refractivity contribution in [2.75, 3.05) is 12.0 Å². The van der Waals surface area contributed by atoms with E-state index < -0.39 is 45.0 Å². The predicted molar refractivity (Wildman–Crippen MR) is 88.2 cm³/mol. The minimum Gasteiger partial charge on any atom is -0.386 e. The molecular formula is C17H13F4NO3S. The molecule has 0 saturated carbocycles. The molecule has 3 rings (SSSR count). The first-order valence-electron chi connectivity index (χ1n) is 7.38. The van der Waals surface area contributed by atoms with Crippen LogP contribution in [0.25, 0.3) is 22.0 Å². The summed E-state index contributed by atoms with van der Waals surface area (Å²) in [5.41, 5.74) is 0.144. The highest BCUT2D eigenvalue weighted by molar-refractivity contribution is 7.90. The van der Waals surface area contributed by atoms with E-state index in [4.69, 9.17) is 0 Å². The Kier molecular flexibility index (Phi) is 4.53. The Hall–Kier alpha value is -2.39. The summed E-state index contributed by atoms with van der Waals surface area (Å²) in [5, 5.41) is 10.4. The van der Waals surface area contributed by atoms with Crippen molar-refractivity contribution in [3.05, 3.63) is 59.3 Å². The van der Waals surface area contributed by atoms with Crippen molar-refractivity contribution in [3.8, 4) is 11.1 Å². The van der Waals surface area contributed by atoms with Crippen molar-refractivity contribution in [1.29, 1.82) is 0 Å². The van der Waals surface area contributed by atoms with E-state index in [0.29, 0.717) is 0 Å². The third-order valence-electron chi connectivity index (χ3n) is 3.87. The highest BCUT2D eigenvalue weighted by atomic mass is 32.2. The Labute approximate surface area is 146 Å². The summed E-state index contributed by atoms with van der Waals surface area (Å²) in [5.74, 6) is -5.28. The molecule has 0 bridgehead atoms. The summed E-state index contributed by atoms with van der Waals surface area (Å²) in [6, 6.07) is 4.55. The molecule has 0 spiro atoms. The number of sulfone groups is 1. The van der Waals surface area contributed by atoms with E-state index in [1.54, 1.807) is 0 Å². The van der Waals surface area contributed by atoms with Crippen molar-refractivity contribution in [2.45, 2.75) is 6.10 Å². The van der Waals surface area contributed by atoms with E-state index >= 15 is 0 Å². The molecule has 0 fully saturated rings. The van der Waals surface area contributed by atoms with Gasteiger partial charge in [-0.15, -0.1) is 0 Å². The highest BCUT2D eigenvalue weighted by Crippen LogP contribution is 2.37. The Balaban J connectivity index is 2.30. The van der Waals surface area contributed by atoms with E-state index in [1.165, 1.54) is 6.07 Å². The number of rotatable bonds is 4. The molecule has 0 aliphatic carbocycles. The third-order valence-corrected chi connectivity index (χ3v) is 4.79. The van der Waals surface area contributed by atoms with Gasteiger partial charge < -0.3 is 10.1 Å². The van der Waals surface area contributed by atoms with Gasteiger partial charge in [-0.2, -0.15) is 0 Å². The van der Waals surface area contributed by atoms with E-state index in [2.05, 4.69) is 4.98 Å². The first-order valence-corrected chi connectivity index (χ1v) is 9.44. The van der Waals surface area contributed by atoms with Gasteiger partial charge in [0, 0.05) is 28.8 Å². The number of H-pyrrole nitrogens is 1. The van der Waals surface area contributed by atoms with Crippen LogP contribution in [0.1, 0.15) is 11.8 Å². The van der Waals surface area contributed by atoms with Crippen molar-refractivity contribution in [3.63, 3.8) is 0 Å². The fourth-order valence-electron chi connectivity index (χ4n) is 2.79. The van der Waals surface area contributed by atoms with Gasteiger partial charge in [-0.05, 0) is 23.8 Å². The Morgan fingerprint density at radius 1 is 1.00 bits per heavy atom. The minimum absolute atomic E-state index is 0.0638. The fraction of sp³-hybridized carbons (Fsp3) is 0.176. The third kappa shape index (κ3) is 3.45. The number of aromatic nitrogens is 1. The molecule has 0 aliphatic rings. The van der Waals surface area contributed by atoms with Gasteiger partial charge in [-0.25, -0.2) is 26.0 Å². The van der Waals surface area contributed by atoms with E-state index in [-0.39, 0.29) is 27.7 Å². The second-order valence-corrected chi connectivity index (χ2v) is 8.15. The van der Waals surface area contributed by atoms with Crippen LogP contribution in [0.4, 0.5) is 17.6 Å². The number of hydrogen-bond donors (Lipinski definition) is 2. The molecule has 9 heteroatoms. The lowest BCUT2D eigenvalue weighted by Gasteiger charge is -2.12. The summed E-state index contributed by atoms with van der Waals surface area (Å²) in [4.78, 5) is 2.65. The zero-order valence-electron chi connectivity index (χ0n) is 13.4. The van der Waals surface area contributed by atoms with Crippen LogP contribution in [0.3, 0.4) is 0 Å². The number of benzene rings is 2. The minimum atomic E-state index is -3.59. The lowest BCUT2D eigenvalue weighted by atomic mass is 9.99. The highest BCUT2D eigenvalue weighted by Gasteiger charge is 2.24. The maximum absolute atomic E-state index is 13.7. The Morgan fingerprint density at radius 3 is 2.23 bits per heavy atom. The molecule has 0 amide bonds. The van der Waals surface area contributed by atoms with Crippen LogP contribution >= 0.6 is 0 Å². The van der Waals surface area contributed by atoms with Crippen LogP contribution in [0.15, 0.2) is 30.3 Å². The van der Waals surface area contributed by atoms with Gasteiger partial charge in [-0.1, -0.05) is 6.07 Å². The maximum Gasteiger partial charge on any atom is 0.160 e. The summed E-state index contributed by atoms with van der Waals surface area (Å²) >= 11 is 0. The van der Waals surface area contributed by atoms with Gasteiger partial charge in [0.2, 0.25) is 0 Å². The molecule has 3 aromatic rings. The molecule has 1 unspecified atom stereocenters. The molecule has 0 aliphatic heterocycles. The van der Waals surface area contributed by atoms with Gasteiger partial charge in [0.05, 0.1) is 11.4 Å². The number of aliphatic hydroxyl groups excluding tert-OH is 1. The Bertz CT molecular complexity index is 1110. The predicted octanol–water partition coefficient (Wildman–Crippen LogP) is 3.47. The average Bonchev–Trinajstić information content (AvgIpc) is 2.87.